The van der Waals surface area contributed by atoms with E-state index in [0.717, 1.165) is 0 Å². The third kappa shape index (κ3) is 3.06. The van der Waals surface area contributed by atoms with Gasteiger partial charge in [-0.2, -0.15) is 0 Å². The lowest BCUT2D eigenvalue weighted by molar-refractivity contribution is -0.164. The highest BCUT2D eigenvalue weighted by Gasteiger charge is 2.59. The van der Waals surface area contributed by atoms with Crippen LogP contribution >= 0.6 is 0 Å². The zero-order valence-electron chi connectivity index (χ0n) is 15.2. The zero-order valence-corrected chi connectivity index (χ0v) is 15.2. The van der Waals surface area contributed by atoms with Gasteiger partial charge in [0.15, 0.2) is 23.0 Å². The van der Waals surface area contributed by atoms with E-state index in [9.17, 15) is 30.0 Å². The quantitative estimate of drug-likeness (QED) is 0.593. The van der Waals surface area contributed by atoms with E-state index in [0.29, 0.717) is 11.1 Å². The third-order valence-corrected chi connectivity index (χ3v) is 5.30. The van der Waals surface area contributed by atoms with E-state index in [1.54, 1.807) is 12.1 Å². The second kappa shape index (κ2) is 7.30. The molecule has 4 N–H and O–H groups in total. The summed E-state index contributed by atoms with van der Waals surface area (Å²) in [5.74, 6) is -5.94. The molecule has 148 valence electrons. The Bertz CT molecular complexity index is 847. The molecule has 4 atom stereocenters. The maximum Gasteiger partial charge on any atom is 0.308 e. The number of aromatic hydroxyl groups is 2. The Kier molecular flexibility index (Phi) is 5.04. The molecule has 8 heteroatoms. The van der Waals surface area contributed by atoms with Crippen LogP contribution in [0, 0.1) is 11.8 Å². The number of carboxylic acid groups (broad SMARTS) is 2. The van der Waals surface area contributed by atoms with Crippen LogP contribution in [0.3, 0.4) is 0 Å². The van der Waals surface area contributed by atoms with Gasteiger partial charge in [0.05, 0.1) is 26.1 Å². The number of rotatable bonds is 6. The summed E-state index contributed by atoms with van der Waals surface area (Å²) in [6, 6.07) is 8.91. The number of phenols is 2. The molecule has 0 aromatic heterocycles. The maximum atomic E-state index is 11.8. The van der Waals surface area contributed by atoms with E-state index >= 15 is 0 Å². The van der Waals surface area contributed by atoms with Gasteiger partial charge in [0.2, 0.25) is 0 Å². The molecular weight excluding hydrogens is 368 g/mol. The second-order valence-electron chi connectivity index (χ2n) is 6.64. The van der Waals surface area contributed by atoms with Crippen LogP contribution in [0.2, 0.25) is 0 Å². The highest BCUT2D eigenvalue weighted by molar-refractivity contribution is 5.85. The van der Waals surface area contributed by atoms with Crippen molar-refractivity contribution in [2.75, 3.05) is 14.2 Å². The van der Waals surface area contributed by atoms with Crippen molar-refractivity contribution in [2.45, 2.75) is 11.8 Å². The minimum absolute atomic E-state index is 0.102. The van der Waals surface area contributed by atoms with E-state index in [2.05, 4.69) is 0 Å². The van der Waals surface area contributed by atoms with Crippen molar-refractivity contribution in [3.63, 3.8) is 0 Å². The van der Waals surface area contributed by atoms with Crippen LogP contribution < -0.4 is 9.47 Å². The van der Waals surface area contributed by atoms with Crippen LogP contribution in [-0.2, 0) is 9.59 Å². The smallest absolute Gasteiger partial charge is 0.308 e. The van der Waals surface area contributed by atoms with Crippen LogP contribution in [0.5, 0.6) is 23.0 Å². The fourth-order valence-corrected chi connectivity index (χ4v) is 3.99. The molecule has 8 nitrogen and oxygen atoms in total. The number of hydrogen-bond acceptors (Lipinski definition) is 6. The van der Waals surface area contributed by atoms with Crippen molar-refractivity contribution in [3.8, 4) is 23.0 Å². The lowest BCUT2D eigenvalue weighted by Crippen LogP contribution is -2.51. The predicted octanol–water partition coefficient (Wildman–Crippen LogP) is 2.40. The molecule has 0 unspecified atom stereocenters. The number of methoxy groups -OCH3 is 2. The lowest BCUT2D eigenvalue weighted by atomic mass is 9.52. The Hall–Kier alpha value is -3.42. The van der Waals surface area contributed by atoms with Crippen LogP contribution in [-0.4, -0.2) is 46.6 Å². The van der Waals surface area contributed by atoms with Crippen molar-refractivity contribution < 1.29 is 39.5 Å². The molecule has 0 radical (unpaired) electrons. The molecule has 2 aromatic rings. The average molecular weight is 388 g/mol. The van der Waals surface area contributed by atoms with Crippen molar-refractivity contribution in [3.05, 3.63) is 47.5 Å². The first-order chi connectivity index (χ1) is 13.3. The fraction of sp³-hybridized carbons (Fsp3) is 0.300. The van der Waals surface area contributed by atoms with Crippen LogP contribution in [0.4, 0.5) is 0 Å². The van der Waals surface area contributed by atoms with Gasteiger partial charge in [-0.15, -0.1) is 0 Å². The summed E-state index contributed by atoms with van der Waals surface area (Å²) < 4.78 is 10.2. The van der Waals surface area contributed by atoms with Crippen LogP contribution in [0.15, 0.2) is 36.4 Å². The molecule has 0 spiro atoms. The lowest BCUT2D eigenvalue weighted by Gasteiger charge is -2.48. The molecule has 28 heavy (non-hydrogen) atoms. The molecule has 0 heterocycles. The summed E-state index contributed by atoms with van der Waals surface area (Å²) in [6.45, 7) is 0. The van der Waals surface area contributed by atoms with Crippen molar-refractivity contribution in [1.82, 2.24) is 0 Å². The van der Waals surface area contributed by atoms with Crippen LogP contribution in [0.1, 0.15) is 23.0 Å². The van der Waals surface area contributed by atoms with Gasteiger partial charge in [0.25, 0.3) is 0 Å². The normalized spacial score (nSPS) is 23.5. The van der Waals surface area contributed by atoms with Crippen LogP contribution in [0.25, 0.3) is 0 Å². The van der Waals surface area contributed by atoms with Gasteiger partial charge in [0.1, 0.15) is 0 Å². The Morgan fingerprint density at radius 3 is 1.39 bits per heavy atom. The minimum Gasteiger partial charge on any atom is -0.504 e. The number of aliphatic carboxylic acids is 2. The second-order valence-corrected chi connectivity index (χ2v) is 6.64. The predicted molar refractivity (Wildman–Crippen MR) is 97.1 cm³/mol. The van der Waals surface area contributed by atoms with E-state index in [1.807, 2.05) is 0 Å². The first-order valence-corrected chi connectivity index (χ1v) is 8.49. The fourth-order valence-electron chi connectivity index (χ4n) is 3.99. The molecule has 0 bridgehead atoms. The Morgan fingerprint density at radius 1 is 0.750 bits per heavy atom. The topological polar surface area (TPSA) is 134 Å². The summed E-state index contributed by atoms with van der Waals surface area (Å²) in [7, 11) is 2.74. The summed E-state index contributed by atoms with van der Waals surface area (Å²) >= 11 is 0. The van der Waals surface area contributed by atoms with Crippen molar-refractivity contribution >= 4 is 11.9 Å². The molecule has 3 rings (SSSR count). The van der Waals surface area contributed by atoms with Crippen molar-refractivity contribution in [1.29, 1.82) is 0 Å². The Balaban J connectivity index is 2.13. The number of benzene rings is 2. The zero-order chi connectivity index (χ0) is 20.6. The molecule has 1 fully saturated rings. The molecular formula is C20H20O8. The first kappa shape index (κ1) is 19.3. The molecule has 0 saturated heterocycles. The monoisotopic (exact) mass is 388 g/mol. The number of phenolic OH excluding ortho intramolecular Hbond substituents is 2. The summed E-state index contributed by atoms with van der Waals surface area (Å²) in [6.07, 6.45) is 0. The maximum absolute atomic E-state index is 11.8. The standard InChI is InChI=1S/C20H20O8/c1-27-13-7-9(3-5-11(13)21)15-16(18(20(25)26)17(15)19(23)24)10-4-6-12(22)14(8-10)28-2/h3-8,15-18,21-22H,1-2H3,(H,23,24)(H,25,26)/t15-,16-,17+,18+/m0/s1. The van der Waals surface area contributed by atoms with E-state index in [4.69, 9.17) is 9.47 Å². The number of hydrogen-bond donors (Lipinski definition) is 4. The number of ether oxygens (including phenoxy) is 2. The van der Waals surface area contributed by atoms with Gasteiger partial charge < -0.3 is 29.9 Å². The van der Waals surface area contributed by atoms with Gasteiger partial charge in [0, 0.05) is 11.8 Å². The summed E-state index contributed by atoms with van der Waals surface area (Å²) in [4.78, 5) is 23.7. The number of carbonyl (C=O) groups is 2. The van der Waals surface area contributed by atoms with Gasteiger partial charge in [-0.3, -0.25) is 9.59 Å². The van der Waals surface area contributed by atoms with Gasteiger partial charge in [-0.1, -0.05) is 12.1 Å². The van der Waals surface area contributed by atoms with Gasteiger partial charge in [-0.05, 0) is 35.4 Å². The molecule has 2 aromatic carbocycles. The highest BCUT2D eigenvalue weighted by Crippen LogP contribution is 2.59. The van der Waals surface area contributed by atoms with Gasteiger partial charge in [-0.25, -0.2) is 0 Å². The molecule has 1 aliphatic carbocycles. The Labute approximate surface area is 160 Å². The molecule has 0 amide bonds. The van der Waals surface area contributed by atoms with Crippen molar-refractivity contribution in [2.24, 2.45) is 11.8 Å². The van der Waals surface area contributed by atoms with E-state index in [1.165, 1.54) is 38.5 Å². The molecule has 1 aliphatic rings. The first-order valence-electron chi connectivity index (χ1n) is 8.49. The average Bonchev–Trinajstić information content (AvgIpc) is 2.63. The third-order valence-electron chi connectivity index (χ3n) is 5.30. The largest absolute Gasteiger partial charge is 0.504 e. The summed E-state index contributed by atoms with van der Waals surface area (Å²) in [5, 5.41) is 39.0. The van der Waals surface area contributed by atoms with E-state index in [-0.39, 0.29) is 23.0 Å². The highest BCUT2D eigenvalue weighted by atomic mass is 16.5. The number of carboxylic acids is 2. The van der Waals surface area contributed by atoms with Gasteiger partial charge >= 0.3 is 11.9 Å². The summed E-state index contributed by atoms with van der Waals surface area (Å²) in [5.41, 5.74) is 1.08. The SMILES string of the molecule is COc1cc([C@@H]2[C@@H](C(=O)O)[C@H](C(=O)O)[C@H]2c2ccc(O)c(OC)c2)ccc1O. The molecule has 1 saturated carbocycles. The minimum atomic E-state index is -1.22. The molecule has 0 aliphatic heterocycles. The van der Waals surface area contributed by atoms with E-state index < -0.39 is 35.6 Å². The Morgan fingerprint density at radius 2 is 1.11 bits per heavy atom.